The van der Waals surface area contributed by atoms with Crippen LogP contribution in [0.3, 0.4) is 0 Å². The van der Waals surface area contributed by atoms with E-state index < -0.39 is 0 Å². The predicted molar refractivity (Wildman–Crippen MR) is 108 cm³/mol. The summed E-state index contributed by atoms with van der Waals surface area (Å²) in [5.74, 6) is 1.66. The summed E-state index contributed by atoms with van der Waals surface area (Å²) >= 11 is 6.27. The second kappa shape index (κ2) is 6.86. The molecule has 0 saturated heterocycles. The van der Waals surface area contributed by atoms with Gasteiger partial charge in [-0.25, -0.2) is 0 Å². The number of pyridine rings is 1. The summed E-state index contributed by atoms with van der Waals surface area (Å²) in [5.41, 5.74) is 7.68. The third-order valence-corrected chi connectivity index (χ3v) is 5.28. The average Bonchev–Trinajstić information content (AvgIpc) is 3.20. The highest BCUT2D eigenvalue weighted by atomic mass is 35.5. The zero-order valence-corrected chi connectivity index (χ0v) is 15.9. The Kier molecular flexibility index (Phi) is 4.19. The normalized spacial score (nSPS) is 20.4. The molecular formula is C22H18ClN3O2. The Morgan fingerprint density at radius 3 is 2.61 bits per heavy atom. The van der Waals surface area contributed by atoms with E-state index in [4.69, 9.17) is 21.1 Å². The van der Waals surface area contributed by atoms with Crippen molar-refractivity contribution in [2.24, 2.45) is 0 Å². The fourth-order valence-corrected chi connectivity index (χ4v) is 3.83. The molecule has 2 aromatic carbocycles. The summed E-state index contributed by atoms with van der Waals surface area (Å²) in [6, 6.07) is 17.7. The molecule has 1 aromatic heterocycles. The average molecular weight is 392 g/mol. The quantitative estimate of drug-likeness (QED) is 0.698. The first kappa shape index (κ1) is 17.1. The lowest BCUT2D eigenvalue weighted by Crippen LogP contribution is -2.43. The number of nitrogens with one attached hydrogen (secondary N) is 1. The molecule has 28 heavy (non-hydrogen) atoms. The number of methoxy groups -OCH3 is 1. The molecule has 2 aliphatic rings. The van der Waals surface area contributed by atoms with E-state index >= 15 is 0 Å². The van der Waals surface area contributed by atoms with Crippen LogP contribution in [0.1, 0.15) is 29.0 Å². The second-order valence-corrected chi connectivity index (χ2v) is 7.14. The molecule has 0 saturated carbocycles. The van der Waals surface area contributed by atoms with Crippen LogP contribution in [-0.4, -0.2) is 17.1 Å². The van der Waals surface area contributed by atoms with Crippen LogP contribution >= 0.6 is 11.6 Å². The van der Waals surface area contributed by atoms with Crippen molar-refractivity contribution in [3.05, 3.63) is 94.8 Å². The van der Waals surface area contributed by atoms with E-state index in [9.17, 15) is 0 Å². The van der Waals surface area contributed by atoms with Gasteiger partial charge in [0.1, 0.15) is 11.5 Å². The number of rotatable bonds is 3. The highest BCUT2D eigenvalue weighted by Crippen LogP contribution is 2.46. The van der Waals surface area contributed by atoms with E-state index in [0.29, 0.717) is 5.02 Å². The lowest BCUT2D eigenvalue weighted by atomic mass is 10.0. The maximum Gasteiger partial charge on any atom is 0.196 e. The maximum atomic E-state index is 6.33. The Morgan fingerprint density at radius 1 is 1.07 bits per heavy atom. The van der Waals surface area contributed by atoms with Gasteiger partial charge in [-0.05, 0) is 66.2 Å². The fourth-order valence-electron chi connectivity index (χ4n) is 3.65. The van der Waals surface area contributed by atoms with E-state index in [0.717, 1.165) is 33.9 Å². The van der Waals surface area contributed by atoms with E-state index in [1.165, 1.54) is 0 Å². The third kappa shape index (κ3) is 2.89. The molecule has 2 aliphatic heterocycles. The Morgan fingerprint density at radius 2 is 1.86 bits per heavy atom. The molecular weight excluding hydrogens is 374 g/mol. The largest absolute Gasteiger partial charge is 0.497 e. The summed E-state index contributed by atoms with van der Waals surface area (Å²) in [6.07, 6.45) is 5.47. The van der Waals surface area contributed by atoms with Crippen LogP contribution in [0.15, 0.2) is 73.1 Å². The van der Waals surface area contributed by atoms with Crippen molar-refractivity contribution in [3.8, 4) is 11.5 Å². The van der Waals surface area contributed by atoms with Crippen LogP contribution in [0, 0.1) is 0 Å². The summed E-state index contributed by atoms with van der Waals surface area (Å²) in [4.78, 5) is 4.12. The van der Waals surface area contributed by atoms with E-state index in [1.807, 2.05) is 54.6 Å². The van der Waals surface area contributed by atoms with Crippen LogP contribution in [0.5, 0.6) is 11.5 Å². The molecule has 1 N–H and O–H groups in total. The van der Waals surface area contributed by atoms with Crippen molar-refractivity contribution in [3.63, 3.8) is 0 Å². The van der Waals surface area contributed by atoms with Crippen LogP contribution in [0.25, 0.3) is 5.70 Å². The van der Waals surface area contributed by atoms with Crippen LogP contribution in [0.4, 0.5) is 0 Å². The highest BCUT2D eigenvalue weighted by molar-refractivity contribution is 6.30. The standard InChI is InChI=1S/C22H18ClN3O2/c1-27-17-5-2-14(3-6-17)19-13-20-18-12-16(23)4-7-21(18)28-22(26(20)25-19)15-8-10-24-11-9-15/h2-13,20,22,25H,1H3. The van der Waals surface area contributed by atoms with E-state index in [1.54, 1.807) is 19.5 Å². The topological polar surface area (TPSA) is 46.6 Å². The first-order valence-electron chi connectivity index (χ1n) is 9.00. The molecule has 3 aromatic rings. The lowest BCUT2D eigenvalue weighted by Gasteiger charge is -2.39. The SMILES string of the molecule is COc1ccc(C2=CC3c4cc(Cl)ccc4OC(c4ccncc4)N3N2)cc1. The van der Waals surface area contributed by atoms with Gasteiger partial charge in [0, 0.05) is 28.5 Å². The number of benzene rings is 2. The summed E-state index contributed by atoms with van der Waals surface area (Å²) in [5, 5.41) is 2.80. The van der Waals surface area contributed by atoms with E-state index in [-0.39, 0.29) is 12.3 Å². The number of halogens is 1. The number of hydrogen-bond acceptors (Lipinski definition) is 5. The van der Waals surface area contributed by atoms with Gasteiger partial charge in [-0.15, -0.1) is 0 Å². The smallest absolute Gasteiger partial charge is 0.196 e. The van der Waals surface area contributed by atoms with Gasteiger partial charge in [0.05, 0.1) is 18.8 Å². The first-order chi connectivity index (χ1) is 13.7. The van der Waals surface area contributed by atoms with Crippen molar-refractivity contribution < 1.29 is 9.47 Å². The number of fused-ring (bicyclic) bond motifs is 3. The van der Waals surface area contributed by atoms with Crippen molar-refractivity contribution in [2.45, 2.75) is 12.3 Å². The predicted octanol–water partition coefficient (Wildman–Crippen LogP) is 4.74. The highest BCUT2D eigenvalue weighted by Gasteiger charge is 2.40. The Labute approximate surface area is 168 Å². The van der Waals surface area contributed by atoms with Crippen molar-refractivity contribution >= 4 is 17.3 Å². The lowest BCUT2D eigenvalue weighted by molar-refractivity contribution is -0.0326. The Balaban J connectivity index is 1.57. The van der Waals surface area contributed by atoms with Gasteiger partial charge >= 0.3 is 0 Å². The minimum Gasteiger partial charge on any atom is -0.497 e. The van der Waals surface area contributed by atoms with Gasteiger partial charge in [0.2, 0.25) is 0 Å². The van der Waals surface area contributed by atoms with Crippen LogP contribution < -0.4 is 14.9 Å². The van der Waals surface area contributed by atoms with Gasteiger partial charge < -0.3 is 14.9 Å². The molecule has 0 radical (unpaired) electrons. The van der Waals surface area contributed by atoms with Gasteiger partial charge in [0.25, 0.3) is 0 Å². The van der Waals surface area contributed by atoms with Crippen molar-refractivity contribution in [1.29, 1.82) is 0 Å². The molecule has 2 unspecified atom stereocenters. The molecule has 2 atom stereocenters. The molecule has 0 aliphatic carbocycles. The zero-order valence-electron chi connectivity index (χ0n) is 15.2. The summed E-state index contributed by atoms with van der Waals surface area (Å²) < 4.78 is 11.6. The number of aromatic nitrogens is 1. The molecule has 0 amide bonds. The number of ether oxygens (including phenoxy) is 2. The molecule has 5 rings (SSSR count). The molecule has 3 heterocycles. The molecule has 0 spiro atoms. The molecule has 6 heteroatoms. The maximum absolute atomic E-state index is 6.33. The van der Waals surface area contributed by atoms with Gasteiger partial charge in [0.15, 0.2) is 6.23 Å². The fraction of sp³-hybridized carbons (Fsp3) is 0.136. The summed E-state index contributed by atoms with van der Waals surface area (Å²) in [6.45, 7) is 0. The monoisotopic (exact) mass is 391 g/mol. The zero-order chi connectivity index (χ0) is 19.1. The third-order valence-electron chi connectivity index (χ3n) is 5.05. The molecule has 5 nitrogen and oxygen atoms in total. The Hall–Kier alpha value is -3.02. The molecule has 0 fully saturated rings. The van der Waals surface area contributed by atoms with Gasteiger partial charge in [-0.2, -0.15) is 5.01 Å². The minimum atomic E-state index is -0.284. The minimum absolute atomic E-state index is 0.00211. The molecule has 0 bridgehead atoms. The first-order valence-corrected chi connectivity index (χ1v) is 9.38. The van der Waals surface area contributed by atoms with Gasteiger partial charge in [-0.1, -0.05) is 11.6 Å². The second-order valence-electron chi connectivity index (χ2n) is 6.71. The van der Waals surface area contributed by atoms with Crippen LogP contribution in [-0.2, 0) is 0 Å². The number of hydrazine groups is 1. The van der Waals surface area contributed by atoms with Gasteiger partial charge in [-0.3, -0.25) is 4.98 Å². The van der Waals surface area contributed by atoms with Crippen molar-refractivity contribution in [2.75, 3.05) is 7.11 Å². The van der Waals surface area contributed by atoms with E-state index in [2.05, 4.69) is 21.5 Å². The van der Waals surface area contributed by atoms with Crippen LogP contribution in [0.2, 0.25) is 5.02 Å². The number of hydrogen-bond donors (Lipinski definition) is 1. The Bertz CT molecular complexity index is 1040. The molecule has 140 valence electrons. The summed E-state index contributed by atoms with van der Waals surface area (Å²) in [7, 11) is 1.67. The van der Waals surface area contributed by atoms with Crippen molar-refractivity contribution in [1.82, 2.24) is 15.4 Å². The number of nitrogens with zero attached hydrogens (tertiary/aromatic N) is 2.